The fourth-order valence-corrected chi connectivity index (χ4v) is 1.68. The third-order valence-electron chi connectivity index (χ3n) is 2.65. The first-order valence-corrected chi connectivity index (χ1v) is 5.36. The molecule has 16 heavy (non-hydrogen) atoms. The summed E-state index contributed by atoms with van der Waals surface area (Å²) in [6.07, 6.45) is 8.34. The summed E-state index contributed by atoms with van der Waals surface area (Å²) in [6.45, 7) is 10.7. The molecular weight excluding hydrogens is 198 g/mol. The fraction of sp³-hybridized carbons (Fsp3) is 0.231. The van der Waals surface area contributed by atoms with Crippen LogP contribution in [0.5, 0.6) is 0 Å². The first-order valence-electron chi connectivity index (χ1n) is 5.36. The molecule has 2 rings (SSSR count). The van der Waals surface area contributed by atoms with Crippen molar-refractivity contribution in [3.63, 3.8) is 0 Å². The van der Waals surface area contributed by atoms with Crippen molar-refractivity contribution in [2.24, 2.45) is 9.98 Å². The summed E-state index contributed by atoms with van der Waals surface area (Å²) in [5, 5.41) is 0. The zero-order valence-corrected chi connectivity index (χ0v) is 9.48. The second-order valence-corrected chi connectivity index (χ2v) is 3.66. The van der Waals surface area contributed by atoms with Crippen molar-refractivity contribution in [3.8, 4) is 0 Å². The van der Waals surface area contributed by atoms with Gasteiger partial charge in [0, 0.05) is 11.9 Å². The lowest BCUT2D eigenvalue weighted by molar-refractivity contribution is 0.478. The maximum atomic E-state index is 4.44. The summed E-state index contributed by atoms with van der Waals surface area (Å²) in [5.41, 5.74) is 3.09. The minimum absolute atomic E-state index is 0.755. The third-order valence-corrected chi connectivity index (χ3v) is 2.65. The molecule has 2 heterocycles. The van der Waals surface area contributed by atoms with E-state index in [0.29, 0.717) is 0 Å². The van der Waals surface area contributed by atoms with Crippen LogP contribution in [0.2, 0.25) is 0 Å². The van der Waals surface area contributed by atoms with Crippen molar-refractivity contribution in [2.45, 2.75) is 13.3 Å². The summed E-state index contributed by atoms with van der Waals surface area (Å²) < 4.78 is 0. The molecule has 0 saturated carbocycles. The van der Waals surface area contributed by atoms with E-state index in [1.807, 2.05) is 12.3 Å². The molecule has 3 heteroatoms. The molecule has 0 N–H and O–H groups in total. The quantitative estimate of drug-likeness (QED) is 0.708. The second-order valence-electron chi connectivity index (χ2n) is 3.66. The van der Waals surface area contributed by atoms with Gasteiger partial charge in [0.2, 0.25) is 0 Å². The van der Waals surface area contributed by atoms with Crippen molar-refractivity contribution in [2.75, 3.05) is 6.54 Å². The Labute approximate surface area is 95.9 Å². The van der Waals surface area contributed by atoms with Gasteiger partial charge in [-0.15, -0.1) is 0 Å². The number of nitrogens with zero attached hydrogens (tertiary/aromatic N) is 3. The van der Waals surface area contributed by atoms with Crippen LogP contribution in [-0.4, -0.2) is 23.4 Å². The van der Waals surface area contributed by atoms with Gasteiger partial charge in [-0.25, -0.2) is 4.99 Å². The van der Waals surface area contributed by atoms with E-state index in [1.165, 1.54) is 0 Å². The Morgan fingerprint density at radius 1 is 1.62 bits per heavy atom. The molecular formula is C13H15N3. The van der Waals surface area contributed by atoms with E-state index >= 15 is 0 Å². The molecule has 0 aliphatic carbocycles. The number of aliphatic imine (C=N–C) groups is 2. The van der Waals surface area contributed by atoms with Crippen LogP contribution in [0.15, 0.2) is 58.6 Å². The second kappa shape index (κ2) is 4.31. The zero-order chi connectivity index (χ0) is 11.5. The maximum absolute atomic E-state index is 4.44. The lowest BCUT2D eigenvalue weighted by Crippen LogP contribution is -2.29. The van der Waals surface area contributed by atoms with Gasteiger partial charge in [0.25, 0.3) is 0 Å². The van der Waals surface area contributed by atoms with Crippen molar-refractivity contribution >= 4 is 11.9 Å². The van der Waals surface area contributed by atoms with Crippen LogP contribution in [0.25, 0.3) is 0 Å². The van der Waals surface area contributed by atoms with Crippen LogP contribution in [0.3, 0.4) is 0 Å². The zero-order valence-electron chi connectivity index (χ0n) is 9.48. The molecule has 0 saturated heterocycles. The van der Waals surface area contributed by atoms with Crippen LogP contribution in [0, 0.1) is 0 Å². The molecule has 0 fully saturated rings. The van der Waals surface area contributed by atoms with Crippen LogP contribution >= 0.6 is 0 Å². The van der Waals surface area contributed by atoms with E-state index in [4.69, 9.17) is 0 Å². The lowest BCUT2D eigenvalue weighted by atomic mass is 10.1. The highest BCUT2D eigenvalue weighted by Crippen LogP contribution is 2.27. The van der Waals surface area contributed by atoms with Gasteiger partial charge in [-0.2, -0.15) is 0 Å². The number of hydrogen-bond donors (Lipinski definition) is 0. The highest BCUT2D eigenvalue weighted by Gasteiger charge is 2.21. The van der Waals surface area contributed by atoms with E-state index in [0.717, 1.165) is 35.8 Å². The van der Waals surface area contributed by atoms with Gasteiger partial charge >= 0.3 is 0 Å². The smallest absolute Gasteiger partial charge is 0.152 e. The van der Waals surface area contributed by atoms with Gasteiger partial charge in [0.1, 0.15) is 0 Å². The molecule has 0 amide bonds. The molecule has 0 aromatic carbocycles. The molecule has 0 unspecified atom stereocenters. The SMILES string of the molecule is C=CC1=NC2=CN=CCN2C(C(=C)CC)=C1. The standard InChI is InChI=1S/C13H15N3/c1-4-10(3)12-8-11(5-2)15-13-9-14-6-7-16(12)13/h5-6,8-9H,2-4,7H2,1H3. The van der Waals surface area contributed by atoms with Gasteiger partial charge < -0.3 is 4.90 Å². The molecule has 0 aromatic heterocycles. The largest absolute Gasteiger partial charge is 0.319 e. The highest BCUT2D eigenvalue weighted by atomic mass is 15.3. The normalized spacial score (nSPS) is 18.3. The summed E-state index contributed by atoms with van der Waals surface area (Å²) >= 11 is 0. The number of rotatable bonds is 3. The van der Waals surface area contributed by atoms with Crippen molar-refractivity contribution in [3.05, 3.63) is 48.6 Å². The Morgan fingerprint density at radius 2 is 2.44 bits per heavy atom. The van der Waals surface area contributed by atoms with E-state index < -0.39 is 0 Å². The van der Waals surface area contributed by atoms with E-state index in [-0.39, 0.29) is 0 Å². The summed E-state index contributed by atoms with van der Waals surface area (Å²) in [6, 6.07) is 0. The van der Waals surface area contributed by atoms with E-state index in [1.54, 1.807) is 12.3 Å². The number of allylic oxidation sites excluding steroid dienone is 3. The van der Waals surface area contributed by atoms with E-state index in [9.17, 15) is 0 Å². The van der Waals surface area contributed by atoms with Crippen LogP contribution in [-0.2, 0) is 0 Å². The summed E-state index contributed by atoms with van der Waals surface area (Å²) in [5.74, 6) is 0.865. The lowest BCUT2D eigenvalue weighted by Gasteiger charge is -2.31. The molecule has 2 aliphatic rings. The van der Waals surface area contributed by atoms with E-state index in [2.05, 4.69) is 35.0 Å². The Hall–Kier alpha value is -1.90. The first-order chi connectivity index (χ1) is 7.76. The van der Waals surface area contributed by atoms with Gasteiger partial charge in [-0.3, -0.25) is 4.99 Å². The van der Waals surface area contributed by atoms with Gasteiger partial charge in [0.05, 0.1) is 18.5 Å². The molecule has 0 spiro atoms. The molecule has 3 nitrogen and oxygen atoms in total. The van der Waals surface area contributed by atoms with Gasteiger partial charge in [-0.05, 0) is 24.1 Å². The molecule has 0 bridgehead atoms. The minimum atomic E-state index is 0.755. The Balaban J connectivity index is 2.43. The van der Waals surface area contributed by atoms with Crippen LogP contribution in [0.4, 0.5) is 0 Å². The van der Waals surface area contributed by atoms with Crippen molar-refractivity contribution in [1.29, 1.82) is 0 Å². The summed E-state index contributed by atoms with van der Waals surface area (Å²) in [7, 11) is 0. The monoisotopic (exact) mass is 213 g/mol. The molecule has 0 atom stereocenters. The fourth-order valence-electron chi connectivity index (χ4n) is 1.68. The van der Waals surface area contributed by atoms with Gasteiger partial charge in [0.15, 0.2) is 5.82 Å². The average molecular weight is 213 g/mol. The predicted molar refractivity (Wildman–Crippen MR) is 68.4 cm³/mol. The van der Waals surface area contributed by atoms with Gasteiger partial charge in [-0.1, -0.05) is 20.1 Å². The predicted octanol–water partition coefficient (Wildman–Crippen LogP) is 2.66. The highest BCUT2D eigenvalue weighted by molar-refractivity contribution is 6.05. The molecule has 0 radical (unpaired) electrons. The average Bonchev–Trinajstić information content (AvgIpc) is 2.36. The van der Waals surface area contributed by atoms with Crippen LogP contribution < -0.4 is 0 Å². The van der Waals surface area contributed by atoms with Crippen LogP contribution in [0.1, 0.15) is 13.3 Å². The molecule has 2 aliphatic heterocycles. The molecule has 0 aromatic rings. The van der Waals surface area contributed by atoms with Crippen molar-refractivity contribution < 1.29 is 0 Å². The number of hydrogen-bond acceptors (Lipinski definition) is 3. The summed E-state index contributed by atoms with van der Waals surface area (Å²) in [4.78, 5) is 10.7. The first kappa shape index (κ1) is 10.6. The van der Waals surface area contributed by atoms with Crippen molar-refractivity contribution in [1.82, 2.24) is 4.90 Å². The topological polar surface area (TPSA) is 28.0 Å². The third kappa shape index (κ3) is 1.76. The number of fused-ring (bicyclic) bond motifs is 1. The Kier molecular flexibility index (Phi) is 2.86. The minimum Gasteiger partial charge on any atom is -0.319 e. The Morgan fingerprint density at radius 3 is 3.12 bits per heavy atom. The Bertz CT molecular complexity index is 450. The molecule has 82 valence electrons. The maximum Gasteiger partial charge on any atom is 0.152 e.